The standard InChI is InChI=1S/C11H8N4O2S2/c16-15(17)7-1-2-8-9(5-7)14-10(13-8)6-19-11-12-3-4-18-11/h1-5H,6H2,(H,13,14). The van der Waals surface area contributed by atoms with Crippen LogP contribution in [-0.4, -0.2) is 19.9 Å². The van der Waals surface area contributed by atoms with Gasteiger partial charge in [0, 0.05) is 23.7 Å². The Balaban J connectivity index is 1.83. The Bertz CT molecular complexity index is 723. The van der Waals surface area contributed by atoms with Crippen LogP contribution in [0.5, 0.6) is 0 Å². The first kappa shape index (κ1) is 12.1. The number of nitro groups is 1. The van der Waals surface area contributed by atoms with Crippen molar-refractivity contribution in [1.29, 1.82) is 0 Å². The molecule has 0 amide bonds. The van der Waals surface area contributed by atoms with E-state index in [1.807, 2.05) is 5.38 Å². The molecule has 0 fully saturated rings. The van der Waals surface area contributed by atoms with Crippen LogP contribution >= 0.6 is 23.1 Å². The lowest BCUT2D eigenvalue weighted by atomic mass is 10.3. The normalized spacial score (nSPS) is 10.9. The Labute approximate surface area is 116 Å². The van der Waals surface area contributed by atoms with Gasteiger partial charge >= 0.3 is 0 Å². The average Bonchev–Trinajstić information content (AvgIpc) is 3.04. The zero-order chi connectivity index (χ0) is 13.2. The van der Waals surface area contributed by atoms with Gasteiger partial charge in [-0.25, -0.2) is 9.97 Å². The molecule has 3 rings (SSSR count). The van der Waals surface area contributed by atoms with E-state index in [1.54, 1.807) is 35.4 Å². The van der Waals surface area contributed by atoms with E-state index < -0.39 is 4.92 Å². The summed E-state index contributed by atoms with van der Waals surface area (Å²) in [7, 11) is 0. The number of aromatic nitrogens is 3. The maximum atomic E-state index is 10.7. The lowest BCUT2D eigenvalue weighted by Crippen LogP contribution is -1.86. The lowest BCUT2D eigenvalue weighted by molar-refractivity contribution is -0.384. The molecule has 0 radical (unpaired) electrons. The van der Waals surface area contributed by atoms with Gasteiger partial charge in [-0.05, 0) is 6.07 Å². The molecule has 3 aromatic rings. The minimum Gasteiger partial charge on any atom is -0.341 e. The second-order valence-electron chi connectivity index (χ2n) is 3.73. The van der Waals surface area contributed by atoms with E-state index in [9.17, 15) is 10.1 Å². The van der Waals surface area contributed by atoms with Crippen molar-refractivity contribution in [2.24, 2.45) is 0 Å². The predicted octanol–water partition coefficient (Wildman–Crippen LogP) is 3.22. The van der Waals surface area contributed by atoms with Crippen LogP contribution in [0.1, 0.15) is 5.82 Å². The highest BCUT2D eigenvalue weighted by molar-refractivity contribution is 8.00. The van der Waals surface area contributed by atoms with E-state index in [-0.39, 0.29) is 5.69 Å². The Morgan fingerprint density at radius 1 is 1.47 bits per heavy atom. The van der Waals surface area contributed by atoms with Crippen molar-refractivity contribution in [3.05, 3.63) is 45.7 Å². The highest BCUT2D eigenvalue weighted by Crippen LogP contribution is 2.25. The molecule has 8 heteroatoms. The van der Waals surface area contributed by atoms with Crippen molar-refractivity contribution in [2.75, 3.05) is 0 Å². The quantitative estimate of drug-likeness (QED) is 0.453. The minimum absolute atomic E-state index is 0.0651. The molecule has 2 heterocycles. The molecular formula is C11H8N4O2S2. The molecule has 0 saturated heterocycles. The Morgan fingerprint density at radius 3 is 3.11 bits per heavy atom. The molecule has 0 atom stereocenters. The fraction of sp³-hybridized carbons (Fsp3) is 0.0909. The van der Waals surface area contributed by atoms with Crippen molar-refractivity contribution < 1.29 is 4.92 Å². The van der Waals surface area contributed by atoms with E-state index in [0.29, 0.717) is 11.3 Å². The van der Waals surface area contributed by atoms with Gasteiger partial charge in [-0.2, -0.15) is 0 Å². The van der Waals surface area contributed by atoms with Crippen LogP contribution < -0.4 is 0 Å². The largest absolute Gasteiger partial charge is 0.341 e. The van der Waals surface area contributed by atoms with E-state index in [2.05, 4.69) is 15.0 Å². The van der Waals surface area contributed by atoms with Gasteiger partial charge in [0.25, 0.3) is 5.69 Å². The van der Waals surface area contributed by atoms with Gasteiger partial charge in [-0.3, -0.25) is 10.1 Å². The fourth-order valence-electron chi connectivity index (χ4n) is 1.64. The average molecular weight is 292 g/mol. The summed E-state index contributed by atoms with van der Waals surface area (Å²) in [5.41, 5.74) is 1.49. The summed E-state index contributed by atoms with van der Waals surface area (Å²) in [6.07, 6.45) is 1.76. The maximum absolute atomic E-state index is 10.7. The number of hydrogen-bond donors (Lipinski definition) is 1. The summed E-state index contributed by atoms with van der Waals surface area (Å²) in [6.45, 7) is 0. The number of thioether (sulfide) groups is 1. The van der Waals surface area contributed by atoms with Crippen LogP contribution in [0, 0.1) is 10.1 Å². The number of benzene rings is 1. The van der Waals surface area contributed by atoms with E-state index in [0.717, 1.165) is 15.7 Å². The zero-order valence-electron chi connectivity index (χ0n) is 9.57. The van der Waals surface area contributed by atoms with Crippen LogP contribution in [0.25, 0.3) is 11.0 Å². The minimum atomic E-state index is -0.412. The van der Waals surface area contributed by atoms with Gasteiger partial charge in [-0.15, -0.1) is 11.3 Å². The Kier molecular flexibility index (Phi) is 3.18. The van der Waals surface area contributed by atoms with Crippen molar-refractivity contribution in [2.45, 2.75) is 10.1 Å². The van der Waals surface area contributed by atoms with Gasteiger partial charge in [0.2, 0.25) is 0 Å². The number of nitro benzene ring substituents is 1. The number of rotatable bonds is 4. The predicted molar refractivity (Wildman–Crippen MR) is 74.4 cm³/mol. The molecule has 0 spiro atoms. The molecule has 19 heavy (non-hydrogen) atoms. The van der Waals surface area contributed by atoms with Crippen molar-refractivity contribution in [1.82, 2.24) is 15.0 Å². The molecule has 0 aliphatic carbocycles. The third-order valence-electron chi connectivity index (χ3n) is 2.47. The topological polar surface area (TPSA) is 84.7 Å². The summed E-state index contributed by atoms with van der Waals surface area (Å²) in [5, 5.41) is 12.6. The second-order valence-corrected chi connectivity index (χ2v) is 5.85. The number of fused-ring (bicyclic) bond motifs is 1. The number of thiazole rings is 1. The van der Waals surface area contributed by atoms with Crippen molar-refractivity contribution in [3.63, 3.8) is 0 Å². The highest BCUT2D eigenvalue weighted by Gasteiger charge is 2.10. The van der Waals surface area contributed by atoms with E-state index >= 15 is 0 Å². The molecule has 1 aromatic carbocycles. The molecule has 2 aromatic heterocycles. The first-order valence-electron chi connectivity index (χ1n) is 5.38. The number of aromatic amines is 1. The second kappa shape index (κ2) is 4.98. The molecule has 0 unspecified atom stereocenters. The Hall–Kier alpha value is -1.93. The molecule has 6 nitrogen and oxygen atoms in total. The van der Waals surface area contributed by atoms with Crippen molar-refractivity contribution in [3.8, 4) is 0 Å². The molecule has 0 saturated carbocycles. The number of imidazole rings is 1. The maximum Gasteiger partial charge on any atom is 0.271 e. The van der Waals surface area contributed by atoms with Gasteiger partial charge in [0.1, 0.15) is 10.2 Å². The molecule has 0 bridgehead atoms. The fourth-order valence-corrected chi connectivity index (χ4v) is 3.15. The summed E-state index contributed by atoms with van der Waals surface area (Å²) >= 11 is 3.16. The Morgan fingerprint density at radius 2 is 2.37 bits per heavy atom. The smallest absolute Gasteiger partial charge is 0.271 e. The van der Waals surface area contributed by atoms with Gasteiger partial charge in [-0.1, -0.05) is 11.8 Å². The van der Waals surface area contributed by atoms with Crippen LogP contribution in [0.4, 0.5) is 5.69 Å². The summed E-state index contributed by atoms with van der Waals surface area (Å²) in [4.78, 5) is 21.9. The van der Waals surface area contributed by atoms with Gasteiger partial charge in [0.05, 0.1) is 21.7 Å². The first-order chi connectivity index (χ1) is 9.22. The summed E-state index contributed by atoms with van der Waals surface area (Å²) < 4.78 is 0.978. The van der Waals surface area contributed by atoms with Crippen LogP contribution in [0.15, 0.2) is 34.1 Å². The summed E-state index contributed by atoms with van der Waals surface area (Å²) in [6, 6.07) is 4.61. The lowest BCUT2D eigenvalue weighted by Gasteiger charge is -1.92. The number of hydrogen-bond acceptors (Lipinski definition) is 6. The third kappa shape index (κ3) is 2.59. The number of nitrogens with one attached hydrogen (secondary N) is 1. The molecular weight excluding hydrogens is 284 g/mol. The van der Waals surface area contributed by atoms with E-state index in [4.69, 9.17) is 0 Å². The first-order valence-corrected chi connectivity index (χ1v) is 7.24. The molecule has 0 aliphatic heterocycles. The monoisotopic (exact) mass is 292 g/mol. The van der Waals surface area contributed by atoms with Crippen LogP contribution in [-0.2, 0) is 5.75 Å². The SMILES string of the molecule is O=[N+]([O-])c1ccc2nc(CSc3nccs3)[nH]c2c1. The van der Waals surface area contributed by atoms with Crippen LogP contribution in [0.2, 0.25) is 0 Å². The number of nitrogens with zero attached hydrogens (tertiary/aromatic N) is 3. The third-order valence-corrected chi connectivity index (χ3v) is 4.44. The highest BCUT2D eigenvalue weighted by atomic mass is 32.2. The van der Waals surface area contributed by atoms with Gasteiger partial charge in [0.15, 0.2) is 0 Å². The number of non-ortho nitro benzene ring substituents is 1. The molecule has 1 N–H and O–H groups in total. The zero-order valence-corrected chi connectivity index (χ0v) is 11.2. The van der Waals surface area contributed by atoms with Crippen LogP contribution in [0.3, 0.4) is 0 Å². The number of H-pyrrole nitrogens is 1. The van der Waals surface area contributed by atoms with Crippen molar-refractivity contribution >= 4 is 39.8 Å². The molecule has 96 valence electrons. The molecule has 0 aliphatic rings. The summed E-state index contributed by atoms with van der Waals surface area (Å²) in [5.74, 6) is 1.45. The van der Waals surface area contributed by atoms with E-state index in [1.165, 1.54) is 12.1 Å². The van der Waals surface area contributed by atoms with Gasteiger partial charge < -0.3 is 4.98 Å².